The van der Waals surface area contributed by atoms with Crippen LogP contribution in [-0.2, 0) is 0 Å². The van der Waals surface area contributed by atoms with E-state index in [-0.39, 0.29) is 5.69 Å². The second-order valence-electron chi connectivity index (χ2n) is 4.13. The van der Waals surface area contributed by atoms with Gasteiger partial charge in [0.15, 0.2) is 0 Å². The number of carbonyl (C=O) groups excluding carboxylic acids is 1. The molecule has 2 rings (SSSR count). The van der Waals surface area contributed by atoms with Crippen molar-refractivity contribution in [3.8, 4) is 0 Å². The molecule has 0 aliphatic rings. The summed E-state index contributed by atoms with van der Waals surface area (Å²) in [4.78, 5) is 22.8. The number of hydrazone groups is 1. The largest absolute Gasteiger partial charge is 0.350 e. The Morgan fingerprint density at radius 3 is 2.64 bits per heavy atom. The predicted octanol–water partition coefficient (Wildman–Crippen LogP) is 2.75. The van der Waals surface area contributed by atoms with Crippen LogP contribution in [0.15, 0.2) is 63.4 Å². The van der Waals surface area contributed by atoms with Crippen LogP contribution in [0.25, 0.3) is 0 Å². The zero-order valence-electron chi connectivity index (χ0n) is 11.3. The van der Waals surface area contributed by atoms with Gasteiger partial charge in [0.1, 0.15) is 0 Å². The fourth-order valence-electron chi connectivity index (χ4n) is 1.62. The van der Waals surface area contributed by atoms with E-state index in [4.69, 9.17) is 5.73 Å². The molecular formula is C14H12N4O3S. The normalized spacial score (nSPS) is 10.5. The van der Waals surface area contributed by atoms with Gasteiger partial charge in [-0.3, -0.25) is 10.1 Å². The Labute approximate surface area is 130 Å². The van der Waals surface area contributed by atoms with Gasteiger partial charge in [-0.2, -0.15) is 5.10 Å². The fraction of sp³-hybridized carbons (Fsp3) is 0. The molecule has 3 N–H and O–H groups in total. The number of nitro groups is 1. The van der Waals surface area contributed by atoms with Gasteiger partial charge in [-0.25, -0.2) is 10.2 Å². The first kappa shape index (κ1) is 15.5. The molecule has 0 fully saturated rings. The van der Waals surface area contributed by atoms with Crippen molar-refractivity contribution in [2.45, 2.75) is 9.79 Å². The molecule has 0 aliphatic carbocycles. The quantitative estimate of drug-likeness (QED) is 0.502. The maximum Gasteiger partial charge on any atom is 0.332 e. The van der Waals surface area contributed by atoms with Crippen LogP contribution < -0.4 is 11.2 Å². The number of nitrogens with one attached hydrogen (secondary N) is 1. The Balaban J connectivity index is 2.32. The second-order valence-corrected chi connectivity index (χ2v) is 5.24. The van der Waals surface area contributed by atoms with E-state index in [9.17, 15) is 14.9 Å². The molecule has 2 aromatic rings. The Bertz CT molecular complexity index is 719. The van der Waals surface area contributed by atoms with Gasteiger partial charge in [0, 0.05) is 27.5 Å². The summed E-state index contributed by atoms with van der Waals surface area (Å²) in [6.07, 6.45) is 1.32. The number of carbonyl (C=O) groups is 1. The molecule has 0 aromatic heterocycles. The van der Waals surface area contributed by atoms with Crippen molar-refractivity contribution in [3.05, 3.63) is 64.2 Å². The number of primary amides is 1. The van der Waals surface area contributed by atoms with Crippen molar-refractivity contribution < 1.29 is 9.72 Å². The highest BCUT2D eigenvalue weighted by Crippen LogP contribution is 2.31. The molecule has 7 nitrogen and oxygen atoms in total. The highest BCUT2D eigenvalue weighted by atomic mass is 32.2. The van der Waals surface area contributed by atoms with Crippen LogP contribution >= 0.6 is 11.8 Å². The smallest absolute Gasteiger partial charge is 0.332 e. The summed E-state index contributed by atoms with van der Waals surface area (Å²) in [6.45, 7) is 0. The lowest BCUT2D eigenvalue weighted by molar-refractivity contribution is -0.384. The molecule has 8 heteroatoms. The van der Waals surface area contributed by atoms with Gasteiger partial charge >= 0.3 is 6.03 Å². The molecule has 0 saturated carbocycles. The van der Waals surface area contributed by atoms with Gasteiger partial charge in [0.2, 0.25) is 0 Å². The lowest BCUT2D eigenvalue weighted by Gasteiger charge is -2.05. The van der Waals surface area contributed by atoms with Gasteiger partial charge in [-0.15, -0.1) is 0 Å². The van der Waals surface area contributed by atoms with Gasteiger partial charge in [-0.1, -0.05) is 30.0 Å². The van der Waals surface area contributed by atoms with Crippen LogP contribution in [0.1, 0.15) is 5.56 Å². The van der Waals surface area contributed by atoms with Gasteiger partial charge in [0.25, 0.3) is 5.69 Å². The molecule has 0 spiro atoms. The number of hydrogen-bond donors (Lipinski definition) is 2. The first-order valence-corrected chi connectivity index (χ1v) is 6.98. The average Bonchev–Trinajstić information content (AvgIpc) is 2.49. The third-order valence-electron chi connectivity index (χ3n) is 2.55. The van der Waals surface area contributed by atoms with E-state index in [1.807, 2.05) is 30.3 Å². The van der Waals surface area contributed by atoms with Crippen LogP contribution in [0.3, 0.4) is 0 Å². The molecule has 0 heterocycles. The van der Waals surface area contributed by atoms with Crippen LogP contribution in [0.2, 0.25) is 0 Å². The van der Waals surface area contributed by atoms with Crippen LogP contribution in [0, 0.1) is 10.1 Å². The van der Waals surface area contributed by atoms with Crippen molar-refractivity contribution in [3.63, 3.8) is 0 Å². The molecule has 2 aromatic carbocycles. The minimum Gasteiger partial charge on any atom is -0.350 e. The average molecular weight is 316 g/mol. The molecule has 0 aliphatic heterocycles. The zero-order valence-corrected chi connectivity index (χ0v) is 12.1. The first-order valence-electron chi connectivity index (χ1n) is 6.16. The summed E-state index contributed by atoms with van der Waals surface area (Å²) >= 11 is 1.44. The summed E-state index contributed by atoms with van der Waals surface area (Å²) in [5.74, 6) is 0. The Hall–Kier alpha value is -2.87. The van der Waals surface area contributed by atoms with E-state index in [0.717, 1.165) is 9.79 Å². The number of nitrogens with zero attached hydrogens (tertiary/aromatic N) is 2. The van der Waals surface area contributed by atoms with Crippen LogP contribution in [0.4, 0.5) is 10.5 Å². The lowest BCUT2D eigenvalue weighted by Crippen LogP contribution is -2.24. The third-order valence-corrected chi connectivity index (χ3v) is 3.65. The molecule has 0 radical (unpaired) electrons. The van der Waals surface area contributed by atoms with Crippen LogP contribution in [-0.4, -0.2) is 17.2 Å². The fourth-order valence-corrected chi connectivity index (χ4v) is 2.54. The van der Waals surface area contributed by atoms with E-state index in [2.05, 4.69) is 10.5 Å². The minimum atomic E-state index is -0.807. The standard InChI is InChI=1S/C14H12N4O3S/c15-14(19)17-16-9-10-8-11(18(20)21)6-7-13(10)22-12-4-2-1-3-5-12/h1-9H,(H3,15,17,19). The second kappa shape index (κ2) is 7.23. The van der Waals surface area contributed by atoms with E-state index in [0.29, 0.717) is 5.56 Å². The summed E-state index contributed by atoms with van der Waals surface area (Å²) in [5.41, 5.74) is 7.44. The number of non-ortho nitro benzene ring substituents is 1. The number of rotatable bonds is 5. The van der Waals surface area contributed by atoms with Gasteiger partial charge in [-0.05, 0) is 18.2 Å². The van der Waals surface area contributed by atoms with Crippen LogP contribution in [0.5, 0.6) is 0 Å². The Morgan fingerprint density at radius 1 is 1.27 bits per heavy atom. The van der Waals surface area contributed by atoms with E-state index < -0.39 is 11.0 Å². The summed E-state index contributed by atoms with van der Waals surface area (Å²) in [5, 5.41) is 14.5. The SMILES string of the molecule is NC(=O)NN=Cc1cc([N+](=O)[O-])ccc1Sc1ccccc1. The molecular weight excluding hydrogens is 304 g/mol. The first-order chi connectivity index (χ1) is 10.6. The highest BCUT2D eigenvalue weighted by molar-refractivity contribution is 7.99. The highest BCUT2D eigenvalue weighted by Gasteiger charge is 2.10. The van der Waals surface area contributed by atoms with Gasteiger partial charge < -0.3 is 5.73 Å². The summed E-state index contributed by atoms with van der Waals surface area (Å²) in [6, 6.07) is 13.2. The molecule has 2 amide bonds. The molecule has 0 unspecified atom stereocenters. The van der Waals surface area contributed by atoms with E-state index in [1.165, 1.54) is 30.1 Å². The zero-order chi connectivity index (χ0) is 15.9. The molecule has 0 atom stereocenters. The van der Waals surface area contributed by atoms with Gasteiger partial charge in [0.05, 0.1) is 11.1 Å². The summed E-state index contributed by atoms with van der Waals surface area (Å²) in [7, 11) is 0. The van der Waals surface area contributed by atoms with Crippen molar-refractivity contribution in [1.82, 2.24) is 5.43 Å². The molecule has 0 bridgehead atoms. The number of benzene rings is 2. The van der Waals surface area contributed by atoms with Crippen molar-refractivity contribution >= 4 is 29.7 Å². The van der Waals surface area contributed by atoms with E-state index in [1.54, 1.807) is 6.07 Å². The number of urea groups is 1. The summed E-state index contributed by atoms with van der Waals surface area (Å²) < 4.78 is 0. The maximum absolute atomic E-state index is 10.9. The van der Waals surface area contributed by atoms with Crippen molar-refractivity contribution in [2.24, 2.45) is 10.8 Å². The number of amides is 2. The monoisotopic (exact) mass is 316 g/mol. The Morgan fingerprint density at radius 2 is 2.00 bits per heavy atom. The number of nitrogens with two attached hydrogens (primary N) is 1. The molecule has 112 valence electrons. The van der Waals surface area contributed by atoms with Crippen molar-refractivity contribution in [1.29, 1.82) is 0 Å². The molecule has 0 saturated heterocycles. The van der Waals surface area contributed by atoms with E-state index >= 15 is 0 Å². The predicted molar refractivity (Wildman–Crippen MR) is 84.0 cm³/mol. The Kier molecular flexibility index (Phi) is 5.10. The lowest BCUT2D eigenvalue weighted by atomic mass is 10.2. The van der Waals surface area contributed by atoms with Crippen molar-refractivity contribution in [2.75, 3.05) is 0 Å². The topological polar surface area (TPSA) is 111 Å². The minimum absolute atomic E-state index is 0.0575. The number of hydrogen-bond acceptors (Lipinski definition) is 5. The molecule has 22 heavy (non-hydrogen) atoms. The number of nitro benzene ring substituents is 1. The maximum atomic E-state index is 10.9. The third kappa shape index (κ3) is 4.32.